The number of carbonyl (C=O) groups excluding carboxylic acids is 1. The zero-order valence-corrected chi connectivity index (χ0v) is 11.3. The zero-order valence-electron chi connectivity index (χ0n) is 11.3. The third kappa shape index (κ3) is 4.42. The van der Waals surface area contributed by atoms with Gasteiger partial charge >= 0.3 is 5.97 Å². The average Bonchev–Trinajstić information content (AvgIpc) is 2.49. The van der Waals surface area contributed by atoms with E-state index >= 15 is 0 Å². The van der Waals surface area contributed by atoms with Gasteiger partial charge in [-0.05, 0) is 24.3 Å². The van der Waals surface area contributed by atoms with E-state index < -0.39 is 12.1 Å². The smallest absolute Gasteiger partial charge is 0.334 e. The van der Waals surface area contributed by atoms with Crippen molar-refractivity contribution in [2.45, 2.75) is 12.5 Å². The molecule has 1 amide bonds. The van der Waals surface area contributed by atoms with Crippen LogP contribution in [0.1, 0.15) is 6.42 Å². The van der Waals surface area contributed by atoms with Gasteiger partial charge in [0, 0.05) is 6.54 Å². The third-order valence-electron chi connectivity index (χ3n) is 3.09. The fourth-order valence-electron chi connectivity index (χ4n) is 1.97. The lowest BCUT2D eigenvalue weighted by Gasteiger charge is -2.30. The fourth-order valence-corrected chi connectivity index (χ4v) is 1.97. The van der Waals surface area contributed by atoms with Crippen molar-refractivity contribution in [1.82, 2.24) is 4.90 Å². The van der Waals surface area contributed by atoms with E-state index in [4.69, 9.17) is 14.6 Å². The summed E-state index contributed by atoms with van der Waals surface area (Å²) >= 11 is 0. The second kappa shape index (κ2) is 7.03. The van der Waals surface area contributed by atoms with Gasteiger partial charge < -0.3 is 19.5 Å². The molecule has 2 rings (SSSR count). The number of hydrogen-bond donors (Lipinski definition) is 1. The van der Waals surface area contributed by atoms with E-state index in [1.807, 2.05) is 0 Å². The molecule has 21 heavy (non-hydrogen) atoms. The Labute approximate surface area is 121 Å². The molecule has 1 N–H and O–H groups in total. The normalized spacial score (nSPS) is 18.3. The van der Waals surface area contributed by atoms with Crippen LogP contribution >= 0.6 is 0 Å². The number of nitrogens with zero attached hydrogens (tertiary/aromatic N) is 1. The summed E-state index contributed by atoms with van der Waals surface area (Å²) < 4.78 is 23.1. The summed E-state index contributed by atoms with van der Waals surface area (Å²) in [6, 6.07) is 5.51. The highest BCUT2D eigenvalue weighted by molar-refractivity contribution is 5.78. The molecule has 6 nitrogen and oxygen atoms in total. The van der Waals surface area contributed by atoms with Crippen LogP contribution in [0.4, 0.5) is 4.39 Å². The van der Waals surface area contributed by atoms with Gasteiger partial charge in [0.25, 0.3) is 0 Å². The molecule has 0 spiro atoms. The number of halogens is 1. The highest BCUT2D eigenvalue weighted by Gasteiger charge is 2.28. The van der Waals surface area contributed by atoms with Crippen molar-refractivity contribution in [3.63, 3.8) is 0 Å². The summed E-state index contributed by atoms with van der Waals surface area (Å²) in [6.45, 7) is 0.783. The first kappa shape index (κ1) is 15.2. The summed E-state index contributed by atoms with van der Waals surface area (Å²) in [5.74, 6) is -1.14. The molecule has 7 heteroatoms. The van der Waals surface area contributed by atoms with Crippen LogP contribution in [0.25, 0.3) is 0 Å². The molecular formula is C14H16FNO5. The van der Waals surface area contributed by atoms with E-state index in [0.29, 0.717) is 12.3 Å². The number of ether oxygens (including phenoxy) is 2. The molecule has 0 unspecified atom stereocenters. The summed E-state index contributed by atoms with van der Waals surface area (Å²) in [6.07, 6.45) is -0.843. The predicted molar refractivity (Wildman–Crippen MR) is 70.5 cm³/mol. The average molecular weight is 297 g/mol. The Kier molecular flexibility index (Phi) is 5.10. The third-order valence-corrected chi connectivity index (χ3v) is 3.09. The van der Waals surface area contributed by atoms with Gasteiger partial charge in [0.15, 0.2) is 6.10 Å². The van der Waals surface area contributed by atoms with Crippen molar-refractivity contribution in [3.8, 4) is 5.75 Å². The second-order valence-electron chi connectivity index (χ2n) is 4.59. The quantitative estimate of drug-likeness (QED) is 0.874. The van der Waals surface area contributed by atoms with Crippen LogP contribution in [0.5, 0.6) is 5.75 Å². The number of amides is 1. The monoisotopic (exact) mass is 297 g/mol. The Morgan fingerprint density at radius 1 is 1.38 bits per heavy atom. The van der Waals surface area contributed by atoms with Gasteiger partial charge in [-0.25, -0.2) is 9.18 Å². The molecule has 1 fully saturated rings. The topological polar surface area (TPSA) is 76.1 Å². The van der Waals surface area contributed by atoms with Crippen molar-refractivity contribution in [2.24, 2.45) is 0 Å². The highest BCUT2D eigenvalue weighted by atomic mass is 19.1. The number of rotatable bonds is 5. The number of carboxylic acid groups (broad SMARTS) is 1. The molecule has 1 atom stereocenters. The molecule has 1 heterocycles. The first-order valence-electron chi connectivity index (χ1n) is 6.57. The van der Waals surface area contributed by atoms with E-state index in [9.17, 15) is 14.0 Å². The van der Waals surface area contributed by atoms with Gasteiger partial charge in [0.2, 0.25) is 5.91 Å². The fraction of sp³-hybridized carbons (Fsp3) is 0.429. The molecule has 0 bridgehead atoms. The van der Waals surface area contributed by atoms with E-state index in [1.54, 1.807) is 0 Å². The Hall–Kier alpha value is -2.15. The maximum atomic E-state index is 12.7. The molecule has 0 radical (unpaired) electrons. The Morgan fingerprint density at radius 2 is 2.10 bits per heavy atom. The number of carbonyl (C=O) groups is 2. The van der Waals surface area contributed by atoms with Crippen LogP contribution in [0.15, 0.2) is 24.3 Å². The van der Waals surface area contributed by atoms with Gasteiger partial charge in [-0.1, -0.05) is 0 Å². The van der Waals surface area contributed by atoms with Crippen LogP contribution in [0.3, 0.4) is 0 Å². The summed E-state index contributed by atoms with van der Waals surface area (Å²) in [5.41, 5.74) is 0. The van der Waals surface area contributed by atoms with E-state index in [0.717, 1.165) is 0 Å². The number of carboxylic acids is 1. The Morgan fingerprint density at radius 3 is 2.76 bits per heavy atom. The first-order valence-corrected chi connectivity index (χ1v) is 6.57. The number of benzene rings is 1. The van der Waals surface area contributed by atoms with E-state index in [-0.39, 0.29) is 37.9 Å². The van der Waals surface area contributed by atoms with Crippen molar-refractivity contribution < 1.29 is 28.6 Å². The van der Waals surface area contributed by atoms with E-state index in [2.05, 4.69) is 0 Å². The predicted octanol–water partition coefficient (Wildman–Crippen LogP) is 0.907. The van der Waals surface area contributed by atoms with Crippen LogP contribution in [-0.2, 0) is 14.3 Å². The zero-order chi connectivity index (χ0) is 15.2. The molecule has 1 aliphatic heterocycles. The van der Waals surface area contributed by atoms with Crippen LogP contribution < -0.4 is 4.74 Å². The van der Waals surface area contributed by atoms with Crippen LogP contribution in [0.2, 0.25) is 0 Å². The minimum Gasteiger partial charge on any atom is -0.493 e. The van der Waals surface area contributed by atoms with E-state index in [1.165, 1.54) is 29.2 Å². The van der Waals surface area contributed by atoms with Gasteiger partial charge in [-0.3, -0.25) is 4.79 Å². The molecule has 1 aromatic rings. The second-order valence-corrected chi connectivity index (χ2v) is 4.59. The summed E-state index contributed by atoms with van der Waals surface area (Å²) in [4.78, 5) is 24.2. The number of morpholine rings is 1. The maximum absolute atomic E-state index is 12.7. The van der Waals surface area contributed by atoms with Crippen LogP contribution in [-0.4, -0.2) is 54.3 Å². The van der Waals surface area contributed by atoms with Gasteiger partial charge in [-0.2, -0.15) is 0 Å². The van der Waals surface area contributed by atoms with Crippen molar-refractivity contribution in [1.29, 1.82) is 0 Å². The molecular weight excluding hydrogens is 281 g/mol. The largest absolute Gasteiger partial charge is 0.493 e. The number of aliphatic carboxylic acids is 1. The lowest BCUT2D eigenvalue weighted by molar-refractivity contribution is -0.159. The summed E-state index contributed by atoms with van der Waals surface area (Å²) in [5, 5.41) is 8.87. The molecule has 1 aliphatic rings. The van der Waals surface area contributed by atoms with Gasteiger partial charge in [0.05, 0.1) is 26.2 Å². The van der Waals surface area contributed by atoms with Crippen molar-refractivity contribution >= 4 is 11.9 Å². The molecule has 0 aliphatic carbocycles. The van der Waals surface area contributed by atoms with Crippen molar-refractivity contribution in [3.05, 3.63) is 30.1 Å². The lowest BCUT2D eigenvalue weighted by Crippen LogP contribution is -2.48. The Bertz CT molecular complexity index is 505. The van der Waals surface area contributed by atoms with Crippen molar-refractivity contribution in [2.75, 3.05) is 26.3 Å². The lowest BCUT2D eigenvalue weighted by atomic mass is 10.2. The van der Waals surface area contributed by atoms with Gasteiger partial charge in [-0.15, -0.1) is 0 Å². The first-order chi connectivity index (χ1) is 10.1. The molecule has 1 saturated heterocycles. The highest BCUT2D eigenvalue weighted by Crippen LogP contribution is 2.12. The molecule has 0 aromatic heterocycles. The summed E-state index contributed by atoms with van der Waals surface area (Å²) in [7, 11) is 0. The molecule has 0 saturated carbocycles. The minimum absolute atomic E-state index is 0.0463. The number of hydrogen-bond acceptors (Lipinski definition) is 4. The van der Waals surface area contributed by atoms with Gasteiger partial charge in [0.1, 0.15) is 11.6 Å². The molecule has 1 aromatic carbocycles. The minimum atomic E-state index is -1.07. The molecule has 114 valence electrons. The Balaban J connectivity index is 1.76. The SMILES string of the molecule is O=C(O)[C@@H]1CN(C(=O)CCOc2ccc(F)cc2)CCO1. The standard InChI is InChI=1S/C14H16FNO5/c15-10-1-3-11(4-2-10)20-7-5-13(17)16-6-8-21-12(9-16)14(18)19/h1-4,12H,5-9H2,(H,18,19)/t12-/m0/s1. The maximum Gasteiger partial charge on any atom is 0.334 e. The van der Waals surface area contributed by atoms with Crippen LogP contribution in [0, 0.1) is 5.82 Å².